The third kappa shape index (κ3) is 11.8. The molecule has 2 atom stereocenters. The normalized spacial score (nSPS) is 19.8. The van der Waals surface area contributed by atoms with Crippen LogP contribution in [0.1, 0.15) is 24.5 Å². The van der Waals surface area contributed by atoms with Gasteiger partial charge in [0.2, 0.25) is 0 Å². The molecular weight excluding hydrogens is 628 g/mol. The van der Waals surface area contributed by atoms with Gasteiger partial charge in [0, 0.05) is 84.0 Å². The lowest BCUT2D eigenvalue weighted by molar-refractivity contribution is -0.0431. The Bertz CT molecular complexity index is 1480. The SMILES string of the molecule is CC1(CN)C=CC=C(CNC(O)N2CCN(C(=O)OCC#CC#CCOC(=O)N3CCN(C(=O)NCc4cccc(CN)c4)CC3)CC2)C1. The van der Waals surface area contributed by atoms with E-state index in [0.29, 0.717) is 78.5 Å². The molecule has 2 heterocycles. The van der Waals surface area contributed by atoms with Crippen molar-refractivity contribution in [3.8, 4) is 23.7 Å². The first-order valence-corrected chi connectivity index (χ1v) is 16.5. The second-order valence-electron chi connectivity index (χ2n) is 12.4. The Labute approximate surface area is 288 Å². The number of nitrogens with one attached hydrogen (secondary N) is 2. The van der Waals surface area contributed by atoms with Crippen molar-refractivity contribution in [1.82, 2.24) is 30.2 Å². The van der Waals surface area contributed by atoms with E-state index in [9.17, 15) is 19.5 Å². The number of carbonyl (C=O) groups is 3. The minimum absolute atomic E-state index is 0.0601. The Hall–Kier alpha value is -4.57. The van der Waals surface area contributed by atoms with Gasteiger partial charge < -0.3 is 46.1 Å². The van der Waals surface area contributed by atoms with E-state index in [1.165, 1.54) is 10.5 Å². The van der Waals surface area contributed by atoms with Crippen LogP contribution in [-0.2, 0) is 22.6 Å². The quantitative estimate of drug-likeness (QED) is 0.174. The fraction of sp³-hybridized carbons (Fsp3) is 0.514. The number of aliphatic hydroxyl groups is 1. The van der Waals surface area contributed by atoms with Gasteiger partial charge in [0.1, 0.15) is 0 Å². The Kier molecular flexibility index (Phi) is 14.3. The van der Waals surface area contributed by atoms with Crippen LogP contribution in [0.3, 0.4) is 0 Å². The summed E-state index contributed by atoms with van der Waals surface area (Å²) in [5.74, 6) is 10.5. The molecule has 0 bridgehead atoms. The number of ether oxygens (including phenoxy) is 2. The van der Waals surface area contributed by atoms with Crippen LogP contribution >= 0.6 is 0 Å². The molecule has 0 spiro atoms. The van der Waals surface area contributed by atoms with E-state index in [4.69, 9.17) is 20.9 Å². The van der Waals surface area contributed by atoms with Crippen molar-refractivity contribution in [2.24, 2.45) is 16.9 Å². The Balaban J connectivity index is 1.04. The smallest absolute Gasteiger partial charge is 0.410 e. The molecule has 14 heteroatoms. The summed E-state index contributed by atoms with van der Waals surface area (Å²) in [4.78, 5) is 44.0. The highest BCUT2D eigenvalue weighted by Crippen LogP contribution is 2.29. The molecule has 49 heavy (non-hydrogen) atoms. The van der Waals surface area contributed by atoms with E-state index in [1.54, 1.807) is 9.80 Å². The number of benzene rings is 1. The van der Waals surface area contributed by atoms with Crippen LogP contribution in [0.2, 0.25) is 0 Å². The molecule has 0 aromatic heterocycles. The standard InChI is InChI=1S/C35H48N8O6/c1-35(27-37)11-7-10-30(23-35)26-39-32(45)41-14-18-43(19-15-41)34(47)49-21-5-3-2-4-20-48-33(46)42-16-12-40(13-17-42)31(44)38-25-29-9-6-8-28(22-29)24-36/h6-11,22,32,39,45H,12-21,23-27,36-37H2,1H3,(H,38,44). The summed E-state index contributed by atoms with van der Waals surface area (Å²) in [5.41, 5.74) is 14.7. The first-order valence-electron chi connectivity index (χ1n) is 16.5. The highest BCUT2D eigenvalue weighted by molar-refractivity contribution is 5.75. The average molecular weight is 677 g/mol. The van der Waals surface area contributed by atoms with E-state index in [1.807, 2.05) is 35.2 Å². The molecule has 1 aromatic rings. The van der Waals surface area contributed by atoms with Gasteiger partial charge in [-0.2, -0.15) is 0 Å². The van der Waals surface area contributed by atoms with Gasteiger partial charge in [-0.25, -0.2) is 14.4 Å². The van der Waals surface area contributed by atoms with Crippen LogP contribution < -0.4 is 22.1 Å². The van der Waals surface area contributed by atoms with Gasteiger partial charge in [-0.05, 0) is 41.2 Å². The van der Waals surface area contributed by atoms with Gasteiger partial charge in [0.25, 0.3) is 0 Å². The maximum Gasteiger partial charge on any atom is 0.410 e. The molecule has 3 aliphatic rings. The van der Waals surface area contributed by atoms with E-state index >= 15 is 0 Å². The molecule has 2 saturated heterocycles. The predicted molar refractivity (Wildman–Crippen MR) is 184 cm³/mol. The van der Waals surface area contributed by atoms with Crippen molar-refractivity contribution in [2.45, 2.75) is 32.8 Å². The van der Waals surface area contributed by atoms with E-state index < -0.39 is 18.5 Å². The molecule has 4 amide bonds. The second-order valence-corrected chi connectivity index (χ2v) is 12.4. The van der Waals surface area contributed by atoms with Gasteiger partial charge in [-0.15, -0.1) is 0 Å². The summed E-state index contributed by atoms with van der Waals surface area (Å²) < 4.78 is 10.4. The monoisotopic (exact) mass is 676 g/mol. The number of hydrogen-bond donors (Lipinski definition) is 5. The number of allylic oxidation sites excluding steroid dienone is 2. The number of hydrogen-bond acceptors (Lipinski definition) is 10. The highest BCUT2D eigenvalue weighted by Gasteiger charge is 2.28. The first-order chi connectivity index (χ1) is 23.7. The fourth-order valence-electron chi connectivity index (χ4n) is 5.60. The summed E-state index contributed by atoms with van der Waals surface area (Å²) in [5, 5.41) is 16.7. The molecule has 1 aliphatic carbocycles. The summed E-state index contributed by atoms with van der Waals surface area (Å²) in [6.07, 6.45) is 5.22. The molecule has 264 valence electrons. The van der Waals surface area contributed by atoms with Crippen molar-refractivity contribution in [2.75, 3.05) is 78.7 Å². The molecular formula is C35H48N8O6. The Morgan fingerprint density at radius 1 is 0.898 bits per heavy atom. The van der Waals surface area contributed by atoms with Crippen molar-refractivity contribution < 1.29 is 29.0 Å². The van der Waals surface area contributed by atoms with Gasteiger partial charge in [0.15, 0.2) is 19.6 Å². The second kappa shape index (κ2) is 18.8. The zero-order valence-corrected chi connectivity index (χ0v) is 28.2. The van der Waals surface area contributed by atoms with Crippen molar-refractivity contribution >= 4 is 18.2 Å². The maximum atomic E-state index is 12.5. The van der Waals surface area contributed by atoms with Crippen LogP contribution in [-0.4, -0.2) is 128 Å². The third-order valence-electron chi connectivity index (χ3n) is 8.63. The van der Waals surface area contributed by atoms with Crippen molar-refractivity contribution in [3.63, 3.8) is 0 Å². The Morgan fingerprint density at radius 2 is 1.49 bits per heavy atom. The summed E-state index contributed by atoms with van der Waals surface area (Å²) >= 11 is 0. The summed E-state index contributed by atoms with van der Waals surface area (Å²) in [6, 6.07) is 7.55. The van der Waals surface area contributed by atoms with Gasteiger partial charge in [-0.1, -0.05) is 55.0 Å². The number of rotatable bonds is 10. The number of carbonyl (C=O) groups excluding carboxylic acids is 3. The molecule has 0 radical (unpaired) electrons. The molecule has 7 N–H and O–H groups in total. The van der Waals surface area contributed by atoms with Gasteiger partial charge >= 0.3 is 18.2 Å². The minimum atomic E-state index is -0.821. The van der Waals surface area contributed by atoms with Crippen molar-refractivity contribution in [3.05, 3.63) is 59.2 Å². The van der Waals surface area contributed by atoms with Gasteiger partial charge in [0.05, 0.1) is 0 Å². The number of piperazine rings is 2. The number of nitrogens with zero attached hydrogens (tertiary/aromatic N) is 4. The largest absolute Gasteiger partial charge is 0.436 e. The molecule has 2 fully saturated rings. The highest BCUT2D eigenvalue weighted by atomic mass is 16.6. The van der Waals surface area contributed by atoms with Crippen LogP contribution in [0.5, 0.6) is 0 Å². The maximum absolute atomic E-state index is 12.5. The van der Waals surface area contributed by atoms with Crippen LogP contribution in [0, 0.1) is 29.1 Å². The molecule has 4 rings (SSSR count). The minimum Gasteiger partial charge on any atom is -0.436 e. The lowest BCUT2D eigenvalue weighted by Gasteiger charge is -2.37. The molecule has 2 aliphatic heterocycles. The molecule has 2 unspecified atom stereocenters. The van der Waals surface area contributed by atoms with E-state index in [2.05, 4.69) is 53.4 Å². The number of nitrogens with two attached hydrogens (primary N) is 2. The summed E-state index contributed by atoms with van der Waals surface area (Å²) in [7, 11) is 0. The average Bonchev–Trinajstić information content (AvgIpc) is 3.14. The van der Waals surface area contributed by atoms with Crippen LogP contribution in [0.4, 0.5) is 14.4 Å². The zero-order valence-electron chi connectivity index (χ0n) is 28.2. The number of urea groups is 1. The topological polar surface area (TPSA) is 179 Å². The van der Waals surface area contributed by atoms with Gasteiger partial charge in [-0.3, -0.25) is 10.2 Å². The Morgan fingerprint density at radius 3 is 2.10 bits per heavy atom. The zero-order chi connectivity index (χ0) is 35.1. The van der Waals surface area contributed by atoms with Crippen LogP contribution in [0.25, 0.3) is 0 Å². The summed E-state index contributed by atoms with van der Waals surface area (Å²) in [6.45, 7) is 7.12. The predicted octanol–water partition coefficient (Wildman–Crippen LogP) is 0.587. The lowest BCUT2D eigenvalue weighted by atomic mass is 9.80. The van der Waals surface area contributed by atoms with E-state index in [0.717, 1.165) is 17.5 Å². The van der Waals surface area contributed by atoms with E-state index in [-0.39, 0.29) is 24.7 Å². The molecule has 14 nitrogen and oxygen atoms in total. The lowest BCUT2D eigenvalue weighted by Crippen LogP contribution is -2.56. The number of amides is 4. The third-order valence-corrected chi connectivity index (χ3v) is 8.63. The first kappa shape index (κ1) is 37.3. The molecule has 1 aromatic carbocycles. The molecule has 0 saturated carbocycles. The fourth-order valence-corrected chi connectivity index (χ4v) is 5.60. The van der Waals surface area contributed by atoms with Crippen LogP contribution in [0.15, 0.2) is 48.1 Å². The van der Waals surface area contributed by atoms with Crippen molar-refractivity contribution in [1.29, 1.82) is 0 Å². The number of aliphatic hydroxyl groups excluding tert-OH is 1.